The van der Waals surface area contributed by atoms with E-state index in [9.17, 15) is 9.59 Å². The lowest BCUT2D eigenvalue weighted by Gasteiger charge is -2.51. The number of hydroxylamine groups is 2. The molecular weight excluding hydrogens is 236 g/mol. The molecule has 2 fully saturated rings. The van der Waals surface area contributed by atoms with E-state index in [4.69, 9.17) is 9.94 Å². The molecule has 1 aliphatic heterocycles. The highest BCUT2D eigenvalue weighted by atomic mass is 16.7. The van der Waals surface area contributed by atoms with E-state index in [1.165, 1.54) is 17.1 Å². The molecule has 2 aliphatic rings. The van der Waals surface area contributed by atoms with Gasteiger partial charge in [0.2, 0.25) is 5.91 Å². The molecule has 102 valence electrons. The molecule has 2 amide bonds. The number of amides is 2. The minimum atomic E-state index is -0.837. The van der Waals surface area contributed by atoms with Crippen molar-refractivity contribution in [2.75, 3.05) is 27.2 Å². The molecule has 0 aromatic carbocycles. The number of nitrogens with zero attached hydrogens (tertiary/aromatic N) is 2. The molecule has 6 nitrogen and oxygen atoms in total. The summed E-state index contributed by atoms with van der Waals surface area (Å²) in [6.45, 7) is 1.19. The van der Waals surface area contributed by atoms with E-state index in [2.05, 4.69) is 0 Å². The Morgan fingerprint density at radius 3 is 2.33 bits per heavy atom. The summed E-state index contributed by atoms with van der Waals surface area (Å²) < 4.78 is 0. The quantitative estimate of drug-likeness (QED) is 0.753. The lowest BCUT2D eigenvalue weighted by Crippen LogP contribution is -2.51. The molecule has 0 unspecified atom stereocenters. The summed E-state index contributed by atoms with van der Waals surface area (Å²) in [5.74, 6) is 0.0788. The largest absolute Gasteiger partial charge is 0.465 e. The molecule has 1 saturated heterocycles. The Morgan fingerprint density at radius 1 is 1.33 bits per heavy atom. The minimum absolute atomic E-state index is 0.0313. The predicted molar refractivity (Wildman–Crippen MR) is 63.8 cm³/mol. The maximum absolute atomic E-state index is 11.9. The van der Waals surface area contributed by atoms with Crippen LogP contribution in [-0.2, 0) is 9.63 Å². The van der Waals surface area contributed by atoms with Crippen LogP contribution in [0.2, 0.25) is 0 Å². The van der Waals surface area contributed by atoms with Crippen LogP contribution in [0.1, 0.15) is 25.7 Å². The molecule has 6 heteroatoms. The Labute approximate surface area is 106 Å². The lowest BCUT2D eigenvalue weighted by molar-refractivity contribution is -0.182. The molecule has 0 radical (unpaired) electrons. The molecule has 0 atom stereocenters. The summed E-state index contributed by atoms with van der Waals surface area (Å²) in [4.78, 5) is 29.0. The maximum Gasteiger partial charge on any atom is 0.407 e. The van der Waals surface area contributed by atoms with E-state index >= 15 is 0 Å². The van der Waals surface area contributed by atoms with Gasteiger partial charge in [0.1, 0.15) is 0 Å². The second-order valence-electron chi connectivity index (χ2n) is 5.39. The summed E-state index contributed by atoms with van der Waals surface area (Å²) in [5, 5.41) is 10.2. The zero-order chi connectivity index (χ0) is 13.3. The number of rotatable bonds is 2. The van der Waals surface area contributed by atoms with Gasteiger partial charge in [0.15, 0.2) is 0 Å². The van der Waals surface area contributed by atoms with Crippen molar-refractivity contribution in [3.8, 4) is 0 Å². The van der Waals surface area contributed by atoms with Crippen LogP contribution in [0.15, 0.2) is 0 Å². The molecule has 0 aromatic heterocycles. The van der Waals surface area contributed by atoms with Crippen LogP contribution < -0.4 is 0 Å². The lowest BCUT2D eigenvalue weighted by atomic mass is 9.57. The monoisotopic (exact) mass is 256 g/mol. The van der Waals surface area contributed by atoms with Gasteiger partial charge in [-0.15, -0.1) is 0 Å². The second-order valence-corrected chi connectivity index (χ2v) is 5.39. The van der Waals surface area contributed by atoms with Crippen LogP contribution in [0.4, 0.5) is 4.79 Å². The predicted octanol–water partition coefficient (Wildman–Crippen LogP) is 1.18. The van der Waals surface area contributed by atoms with E-state index in [0.717, 1.165) is 25.7 Å². The SMILES string of the molecule is CON(C)C(=O)C1CC2(CCN(C(=O)O)CC2)C1. The Balaban J connectivity index is 1.82. The third-order valence-electron chi connectivity index (χ3n) is 4.39. The number of carbonyl (C=O) groups excluding carboxylic acids is 1. The van der Waals surface area contributed by atoms with E-state index in [0.29, 0.717) is 13.1 Å². The fourth-order valence-corrected chi connectivity index (χ4v) is 3.09. The van der Waals surface area contributed by atoms with Crippen molar-refractivity contribution in [3.63, 3.8) is 0 Å². The van der Waals surface area contributed by atoms with Crippen molar-refractivity contribution in [2.45, 2.75) is 25.7 Å². The molecule has 1 aliphatic carbocycles. The molecule has 1 N–H and O–H groups in total. The summed E-state index contributed by atoms with van der Waals surface area (Å²) >= 11 is 0. The van der Waals surface area contributed by atoms with Crippen LogP contribution >= 0.6 is 0 Å². The van der Waals surface area contributed by atoms with E-state index < -0.39 is 6.09 Å². The maximum atomic E-state index is 11.9. The van der Waals surface area contributed by atoms with Gasteiger partial charge in [0, 0.05) is 26.1 Å². The van der Waals surface area contributed by atoms with Crippen LogP contribution in [0.5, 0.6) is 0 Å². The molecule has 1 saturated carbocycles. The van der Waals surface area contributed by atoms with Gasteiger partial charge in [-0.1, -0.05) is 0 Å². The zero-order valence-corrected chi connectivity index (χ0v) is 10.9. The van der Waals surface area contributed by atoms with Crippen LogP contribution in [0.3, 0.4) is 0 Å². The van der Waals surface area contributed by atoms with Gasteiger partial charge in [-0.2, -0.15) is 0 Å². The Kier molecular flexibility index (Phi) is 3.47. The zero-order valence-electron chi connectivity index (χ0n) is 10.9. The van der Waals surface area contributed by atoms with Gasteiger partial charge >= 0.3 is 6.09 Å². The van der Waals surface area contributed by atoms with Gasteiger partial charge in [-0.3, -0.25) is 9.63 Å². The van der Waals surface area contributed by atoms with Gasteiger partial charge < -0.3 is 10.0 Å². The average Bonchev–Trinajstić information content (AvgIpc) is 2.34. The molecule has 18 heavy (non-hydrogen) atoms. The van der Waals surface area contributed by atoms with Gasteiger partial charge in [0.25, 0.3) is 0 Å². The molecule has 0 aromatic rings. The van der Waals surface area contributed by atoms with E-state index in [1.807, 2.05) is 0 Å². The van der Waals surface area contributed by atoms with Crippen LogP contribution in [0.25, 0.3) is 0 Å². The van der Waals surface area contributed by atoms with Crippen molar-refractivity contribution in [2.24, 2.45) is 11.3 Å². The number of likely N-dealkylation sites (tertiary alicyclic amines) is 1. The summed E-state index contributed by atoms with van der Waals surface area (Å²) in [6, 6.07) is 0. The topological polar surface area (TPSA) is 70.1 Å². The first-order chi connectivity index (χ1) is 8.47. The molecule has 2 rings (SSSR count). The first kappa shape index (κ1) is 13.1. The third-order valence-corrected chi connectivity index (χ3v) is 4.39. The third kappa shape index (κ3) is 2.29. The minimum Gasteiger partial charge on any atom is -0.465 e. The number of carboxylic acid groups (broad SMARTS) is 1. The first-order valence-electron chi connectivity index (χ1n) is 6.27. The van der Waals surface area contributed by atoms with Crippen LogP contribution in [0, 0.1) is 11.3 Å². The molecule has 1 spiro atoms. The van der Waals surface area contributed by atoms with Crippen molar-refractivity contribution in [1.29, 1.82) is 0 Å². The van der Waals surface area contributed by atoms with Gasteiger partial charge in [-0.05, 0) is 31.1 Å². The highest BCUT2D eigenvalue weighted by molar-refractivity contribution is 5.78. The second kappa shape index (κ2) is 4.76. The first-order valence-corrected chi connectivity index (χ1v) is 6.27. The van der Waals surface area contributed by atoms with Crippen molar-refractivity contribution in [3.05, 3.63) is 0 Å². The summed E-state index contributed by atoms with van der Waals surface area (Å²) in [7, 11) is 3.11. The van der Waals surface area contributed by atoms with E-state index in [-0.39, 0.29) is 17.2 Å². The number of carbonyl (C=O) groups is 2. The molecular formula is C12H20N2O4. The van der Waals surface area contributed by atoms with Gasteiger partial charge in [-0.25, -0.2) is 9.86 Å². The number of hydrogen-bond acceptors (Lipinski definition) is 3. The average molecular weight is 256 g/mol. The molecule has 1 heterocycles. The fraction of sp³-hybridized carbons (Fsp3) is 0.833. The van der Waals surface area contributed by atoms with Crippen molar-refractivity contribution < 1.29 is 19.5 Å². The number of hydrogen-bond donors (Lipinski definition) is 1. The highest BCUT2D eigenvalue weighted by Gasteiger charge is 2.49. The van der Waals surface area contributed by atoms with Crippen molar-refractivity contribution >= 4 is 12.0 Å². The fourth-order valence-electron chi connectivity index (χ4n) is 3.09. The Morgan fingerprint density at radius 2 is 1.89 bits per heavy atom. The van der Waals surface area contributed by atoms with Crippen LogP contribution in [-0.4, -0.2) is 54.3 Å². The Bertz CT molecular complexity index is 342. The normalized spacial score (nSPS) is 22.7. The highest BCUT2D eigenvalue weighted by Crippen LogP contribution is 2.52. The smallest absolute Gasteiger partial charge is 0.407 e. The number of piperidine rings is 1. The summed E-state index contributed by atoms with van der Waals surface area (Å²) in [6.07, 6.45) is 2.65. The molecule has 0 bridgehead atoms. The van der Waals surface area contributed by atoms with E-state index in [1.54, 1.807) is 7.05 Å². The Hall–Kier alpha value is -1.30. The summed E-state index contributed by atoms with van der Waals surface area (Å²) in [5.41, 5.74) is 0.195. The van der Waals surface area contributed by atoms with Gasteiger partial charge in [0.05, 0.1) is 7.11 Å². The van der Waals surface area contributed by atoms with Crippen molar-refractivity contribution in [1.82, 2.24) is 9.96 Å². The standard InChI is InChI=1S/C12H20N2O4/c1-13(18-2)10(15)9-7-12(8-9)3-5-14(6-4-12)11(16)17/h9H,3-8H2,1-2H3,(H,16,17).